The summed E-state index contributed by atoms with van der Waals surface area (Å²) in [6.07, 6.45) is -0.263. The van der Waals surface area contributed by atoms with Crippen LogP contribution in [0.25, 0.3) is 0 Å². The molecule has 8 heteroatoms. The van der Waals surface area contributed by atoms with Crippen molar-refractivity contribution in [1.29, 1.82) is 0 Å². The summed E-state index contributed by atoms with van der Waals surface area (Å²) in [4.78, 5) is 38.5. The van der Waals surface area contributed by atoms with Crippen LogP contribution in [0.2, 0.25) is 0 Å². The summed E-state index contributed by atoms with van der Waals surface area (Å²) in [6, 6.07) is 12.2. The van der Waals surface area contributed by atoms with E-state index in [4.69, 9.17) is 4.74 Å². The fourth-order valence-corrected chi connectivity index (χ4v) is 3.40. The number of amides is 2. The predicted octanol–water partition coefficient (Wildman–Crippen LogP) is 3.07. The molecule has 0 bridgehead atoms. The summed E-state index contributed by atoms with van der Waals surface area (Å²) in [5, 5.41) is 2.73. The van der Waals surface area contributed by atoms with Crippen LogP contribution in [0.1, 0.15) is 35.7 Å². The first-order valence-electron chi connectivity index (χ1n) is 10.1. The second-order valence-electron chi connectivity index (χ2n) is 7.47. The topological polar surface area (TPSA) is 75.7 Å². The third-order valence-electron chi connectivity index (χ3n) is 5.25. The van der Waals surface area contributed by atoms with Crippen molar-refractivity contribution in [3.8, 4) is 0 Å². The van der Waals surface area contributed by atoms with Crippen molar-refractivity contribution in [2.24, 2.45) is 5.92 Å². The SMILES string of the molecule is CC(OC(=O)C1CCN(C(=O)c2ccc(F)cc2F)CC1)C(=O)NCc1ccccc1. The molecule has 2 amide bonds. The maximum Gasteiger partial charge on any atom is 0.309 e. The molecule has 31 heavy (non-hydrogen) atoms. The van der Waals surface area contributed by atoms with Crippen LogP contribution < -0.4 is 5.32 Å². The minimum Gasteiger partial charge on any atom is -0.452 e. The lowest BCUT2D eigenvalue weighted by Crippen LogP contribution is -2.42. The van der Waals surface area contributed by atoms with Gasteiger partial charge in [0, 0.05) is 25.7 Å². The predicted molar refractivity (Wildman–Crippen MR) is 109 cm³/mol. The van der Waals surface area contributed by atoms with Crippen LogP contribution in [0.5, 0.6) is 0 Å². The number of nitrogens with one attached hydrogen (secondary N) is 1. The number of nitrogens with zero attached hydrogens (tertiary/aromatic N) is 1. The van der Waals surface area contributed by atoms with E-state index in [-0.39, 0.29) is 18.7 Å². The molecule has 2 aromatic rings. The molecule has 1 heterocycles. The van der Waals surface area contributed by atoms with E-state index in [0.29, 0.717) is 25.5 Å². The Balaban J connectivity index is 1.46. The minimum atomic E-state index is -0.941. The Labute approximate surface area is 179 Å². The number of piperidine rings is 1. The number of likely N-dealkylation sites (tertiary alicyclic amines) is 1. The van der Waals surface area contributed by atoms with Gasteiger partial charge in [0.05, 0.1) is 11.5 Å². The Morgan fingerprint density at radius 3 is 2.42 bits per heavy atom. The molecule has 164 valence electrons. The van der Waals surface area contributed by atoms with Gasteiger partial charge in [-0.05, 0) is 37.5 Å². The number of ether oxygens (including phenoxy) is 1. The Hall–Kier alpha value is -3.29. The minimum absolute atomic E-state index is 0.203. The lowest BCUT2D eigenvalue weighted by atomic mass is 9.96. The van der Waals surface area contributed by atoms with Crippen molar-refractivity contribution in [3.05, 3.63) is 71.3 Å². The highest BCUT2D eigenvalue weighted by Crippen LogP contribution is 2.22. The van der Waals surface area contributed by atoms with Gasteiger partial charge in [0.15, 0.2) is 6.10 Å². The van der Waals surface area contributed by atoms with E-state index in [1.807, 2.05) is 30.3 Å². The van der Waals surface area contributed by atoms with Crippen molar-refractivity contribution in [2.45, 2.75) is 32.4 Å². The van der Waals surface area contributed by atoms with E-state index < -0.39 is 41.4 Å². The van der Waals surface area contributed by atoms with Crippen LogP contribution in [-0.2, 0) is 20.9 Å². The summed E-state index contributed by atoms with van der Waals surface area (Å²) in [6.45, 7) is 2.32. The first-order chi connectivity index (χ1) is 14.8. The standard InChI is InChI=1S/C23H24F2N2O4/c1-15(21(28)26-14-16-5-3-2-4-6-16)31-23(30)17-9-11-27(12-10-17)22(29)19-8-7-18(24)13-20(19)25/h2-8,13,15,17H,9-12,14H2,1H3,(H,26,28). The number of esters is 1. The summed E-state index contributed by atoms with van der Waals surface area (Å²) < 4.78 is 32.2. The Kier molecular flexibility index (Phi) is 7.33. The molecule has 6 nitrogen and oxygen atoms in total. The fraction of sp³-hybridized carbons (Fsp3) is 0.348. The van der Waals surface area contributed by atoms with Crippen molar-refractivity contribution >= 4 is 17.8 Å². The number of benzene rings is 2. The molecule has 1 aliphatic heterocycles. The molecule has 1 fully saturated rings. The van der Waals surface area contributed by atoms with E-state index >= 15 is 0 Å². The summed E-state index contributed by atoms with van der Waals surface area (Å²) in [7, 11) is 0. The maximum absolute atomic E-state index is 13.9. The molecule has 0 spiro atoms. The van der Waals surface area contributed by atoms with Gasteiger partial charge in [0.25, 0.3) is 11.8 Å². The van der Waals surface area contributed by atoms with Gasteiger partial charge >= 0.3 is 5.97 Å². The molecule has 3 rings (SSSR count). The van der Waals surface area contributed by atoms with Crippen LogP contribution in [0, 0.1) is 17.6 Å². The average Bonchev–Trinajstić information content (AvgIpc) is 2.77. The van der Waals surface area contributed by atoms with Gasteiger partial charge in [-0.2, -0.15) is 0 Å². The molecule has 1 saturated heterocycles. The van der Waals surface area contributed by atoms with Crippen LogP contribution >= 0.6 is 0 Å². The molecule has 1 unspecified atom stereocenters. The van der Waals surface area contributed by atoms with Crippen molar-refractivity contribution in [3.63, 3.8) is 0 Å². The van der Waals surface area contributed by atoms with Gasteiger partial charge in [-0.25, -0.2) is 8.78 Å². The summed E-state index contributed by atoms with van der Waals surface area (Å²) in [5.41, 5.74) is 0.732. The lowest BCUT2D eigenvalue weighted by molar-refractivity contribution is -0.160. The largest absolute Gasteiger partial charge is 0.452 e. The smallest absolute Gasteiger partial charge is 0.309 e. The van der Waals surface area contributed by atoms with Crippen molar-refractivity contribution < 1.29 is 27.9 Å². The van der Waals surface area contributed by atoms with Crippen LogP contribution in [0.15, 0.2) is 48.5 Å². The highest BCUT2D eigenvalue weighted by Gasteiger charge is 2.31. The molecule has 1 atom stereocenters. The van der Waals surface area contributed by atoms with Crippen LogP contribution in [0.4, 0.5) is 8.78 Å². The van der Waals surface area contributed by atoms with Crippen molar-refractivity contribution in [1.82, 2.24) is 10.2 Å². The first kappa shape index (κ1) is 22.4. The lowest BCUT2D eigenvalue weighted by Gasteiger charge is -2.31. The zero-order valence-electron chi connectivity index (χ0n) is 17.1. The normalized spacial score (nSPS) is 15.3. The Morgan fingerprint density at radius 1 is 1.10 bits per heavy atom. The molecule has 0 aromatic heterocycles. The second kappa shape index (κ2) is 10.1. The van der Waals surface area contributed by atoms with Gasteiger partial charge in [0.2, 0.25) is 0 Å². The second-order valence-corrected chi connectivity index (χ2v) is 7.47. The molecule has 0 aliphatic carbocycles. The van der Waals surface area contributed by atoms with Gasteiger partial charge in [-0.1, -0.05) is 30.3 Å². The van der Waals surface area contributed by atoms with E-state index in [1.165, 1.54) is 11.8 Å². The summed E-state index contributed by atoms with van der Waals surface area (Å²) in [5.74, 6) is -3.55. The highest BCUT2D eigenvalue weighted by atomic mass is 19.1. The molecule has 2 aromatic carbocycles. The Morgan fingerprint density at radius 2 is 1.77 bits per heavy atom. The van der Waals surface area contributed by atoms with E-state index in [9.17, 15) is 23.2 Å². The number of carbonyl (C=O) groups is 3. The van der Waals surface area contributed by atoms with E-state index in [1.54, 1.807) is 0 Å². The third-order valence-corrected chi connectivity index (χ3v) is 5.25. The zero-order chi connectivity index (χ0) is 22.4. The summed E-state index contributed by atoms with van der Waals surface area (Å²) >= 11 is 0. The van der Waals surface area contributed by atoms with Crippen molar-refractivity contribution in [2.75, 3.05) is 13.1 Å². The first-order valence-corrected chi connectivity index (χ1v) is 10.1. The fourth-order valence-electron chi connectivity index (χ4n) is 3.40. The van der Waals surface area contributed by atoms with Gasteiger partial charge in [-0.3, -0.25) is 14.4 Å². The monoisotopic (exact) mass is 430 g/mol. The van der Waals surface area contributed by atoms with E-state index in [2.05, 4.69) is 5.32 Å². The maximum atomic E-state index is 13.9. The number of hydrogen-bond donors (Lipinski definition) is 1. The van der Waals surface area contributed by atoms with Crippen LogP contribution in [-0.4, -0.2) is 41.9 Å². The molecular weight excluding hydrogens is 406 g/mol. The molecule has 1 aliphatic rings. The third kappa shape index (κ3) is 5.87. The number of carbonyl (C=O) groups excluding carboxylic acids is 3. The average molecular weight is 430 g/mol. The number of rotatable bonds is 6. The van der Waals surface area contributed by atoms with Gasteiger partial charge in [0.1, 0.15) is 11.6 Å². The van der Waals surface area contributed by atoms with Gasteiger partial charge in [-0.15, -0.1) is 0 Å². The quantitative estimate of drug-likeness (QED) is 0.715. The van der Waals surface area contributed by atoms with Crippen LogP contribution in [0.3, 0.4) is 0 Å². The molecule has 0 saturated carbocycles. The molecule has 0 radical (unpaired) electrons. The van der Waals surface area contributed by atoms with E-state index in [0.717, 1.165) is 17.7 Å². The number of halogens is 2. The molecular formula is C23H24F2N2O4. The highest BCUT2D eigenvalue weighted by molar-refractivity contribution is 5.94. The molecule has 1 N–H and O–H groups in total. The van der Waals surface area contributed by atoms with Gasteiger partial charge < -0.3 is 15.0 Å². The zero-order valence-corrected chi connectivity index (χ0v) is 17.1. The Bertz CT molecular complexity index is 944. The number of hydrogen-bond acceptors (Lipinski definition) is 4.